The van der Waals surface area contributed by atoms with Crippen LogP contribution < -0.4 is 10.1 Å². The summed E-state index contributed by atoms with van der Waals surface area (Å²) in [5.41, 5.74) is 1.68. The Morgan fingerprint density at radius 2 is 2.07 bits per heavy atom. The van der Waals surface area contributed by atoms with Crippen LogP contribution in [0.4, 0.5) is 5.95 Å². The fraction of sp³-hybridized carbons (Fsp3) is 0.450. The predicted molar refractivity (Wildman–Crippen MR) is 116 cm³/mol. The second-order valence-electron chi connectivity index (χ2n) is 7.88. The molecule has 8 nitrogen and oxygen atoms in total. The van der Waals surface area contributed by atoms with Crippen molar-refractivity contribution in [1.29, 1.82) is 0 Å². The summed E-state index contributed by atoms with van der Waals surface area (Å²) in [6.45, 7) is 9.94. The topological polar surface area (TPSA) is 87.0 Å². The SMILES string of the molecule is CCOC(=O)c1cc2cc3c(OC)ccnc3n2c(NCOCC[Si](C)(C)C)n1. The molecule has 0 amide bonds. The monoisotopic (exact) mass is 416 g/mol. The van der Waals surface area contributed by atoms with E-state index in [2.05, 4.69) is 34.9 Å². The van der Waals surface area contributed by atoms with Gasteiger partial charge in [-0.05, 0) is 31.2 Å². The molecule has 0 fully saturated rings. The molecular weight excluding hydrogens is 388 g/mol. The lowest BCUT2D eigenvalue weighted by molar-refractivity contribution is 0.0519. The Kier molecular flexibility index (Phi) is 6.38. The molecule has 0 aliphatic heterocycles. The number of ether oxygens (including phenoxy) is 3. The second-order valence-corrected chi connectivity index (χ2v) is 13.5. The number of pyridine rings is 1. The maximum atomic E-state index is 12.3. The molecule has 0 unspecified atom stereocenters. The molecule has 0 aromatic carbocycles. The second kappa shape index (κ2) is 8.79. The maximum absolute atomic E-state index is 12.3. The van der Waals surface area contributed by atoms with Gasteiger partial charge in [0, 0.05) is 20.9 Å². The Morgan fingerprint density at radius 3 is 2.76 bits per heavy atom. The number of carbonyl (C=O) groups is 1. The molecule has 0 aliphatic carbocycles. The van der Waals surface area contributed by atoms with E-state index in [0.717, 1.165) is 16.9 Å². The third kappa shape index (κ3) is 4.85. The van der Waals surface area contributed by atoms with Gasteiger partial charge in [-0.2, -0.15) is 0 Å². The first-order valence-electron chi connectivity index (χ1n) is 9.68. The first-order chi connectivity index (χ1) is 13.8. The number of esters is 1. The largest absolute Gasteiger partial charge is 0.496 e. The molecule has 0 saturated heterocycles. The van der Waals surface area contributed by atoms with E-state index in [9.17, 15) is 4.79 Å². The van der Waals surface area contributed by atoms with Crippen molar-refractivity contribution >= 4 is 36.5 Å². The van der Waals surface area contributed by atoms with E-state index in [1.54, 1.807) is 32.4 Å². The molecule has 0 atom stereocenters. The highest BCUT2D eigenvalue weighted by Crippen LogP contribution is 2.29. The molecule has 3 aromatic rings. The quantitative estimate of drug-likeness (QED) is 0.246. The number of anilines is 1. The summed E-state index contributed by atoms with van der Waals surface area (Å²) in [7, 11) is 0.458. The summed E-state index contributed by atoms with van der Waals surface area (Å²) in [6.07, 6.45) is 1.68. The van der Waals surface area contributed by atoms with Gasteiger partial charge in [-0.1, -0.05) is 19.6 Å². The maximum Gasteiger partial charge on any atom is 0.357 e. The van der Waals surface area contributed by atoms with Crippen LogP contribution in [0, 0.1) is 0 Å². The van der Waals surface area contributed by atoms with Gasteiger partial charge in [-0.15, -0.1) is 0 Å². The predicted octanol–water partition coefficient (Wildman–Crippen LogP) is 3.79. The highest BCUT2D eigenvalue weighted by atomic mass is 28.3. The van der Waals surface area contributed by atoms with Crippen molar-refractivity contribution in [2.75, 3.05) is 32.4 Å². The Balaban J connectivity index is 1.96. The number of rotatable bonds is 9. The number of carbonyl (C=O) groups excluding carboxylic acids is 1. The van der Waals surface area contributed by atoms with Gasteiger partial charge in [-0.25, -0.2) is 14.8 Å². The highest BCUT2D eigenvalue weighted by Gasteiger charge is 2.18. The first-order valence-corrected chi connectivity index (χ1v) is 13.4. The van der Waals surface area contributed by atoms with Gasteiger partial charge in [-0.3, -0.25) is 4.40 Å². The smallest absolute Gasteiger partial charge is 0.357 e. The molecule has 0 bridgehead atoms. The average Bonchev–Trinajstić information content (AvgIpc) is 3.05. The minimum atomic E-state index is -1.16. The highest BCUT2D eigenvalue weighted by molar-refractivity contribution is 6.76. The number of aromatic nitrogens is 3. The number of fused-ring (bicyclic) bond motifs is 3. The van der Waals surface area contributed by atoms with Gasteiger partial charge < -0.3 is 19.5 Å². The van der Waals surface area contributed by atoms with Crippen LogP contribution in [0.3, 0.4) is 0 Å². The number of nitrogens with one attached hydrogen (secondary N) is 1. The lowest BCUT2D eigenvalue weighted by Crippen LogP contribution is -2.23. The molecule has 3 rings (SSSR count). The van der Waals surface area contributed by atoms with E-state index < -0.39 is 14.0 Å². The van der Waals surface area contributed by atoms with E-state index in [1.807, 2.05) is 10.5 Å². The van der Waals surface area contributed by atoms with Gasteiger partial charge in [0.15, 0.2) is 11.3 Å². The van der Waals surface area contributed by atoms with Gasteiger partial charge in [0.1, 0.15) is 12.5 Å². The van der Waals surface area contributed by atoms with Crippen molar-refractivity contribution in [2.24, 2.45) is 0 Å². The Morgan fingerprint density at radius 1 is 1.28 bits per heavy atom. The van der Waals surface area contributed by atoms with E-state index in [-0.39, 0.29) is 19.0 Å². The van der Waals surface area contributed by atoms with Crippen molar-refractivity contribution in [3.8, 4) is 5.75 Å². The lowest BCUT2D eigenvalue weighted by Gasteiger charge is -2.16. The minimum absolute atomic E-state index is 0.228. The number of hydrogen-bond donors (Lipinski definition) is 1. The van der Waals surface area contributed by atoms with Crippen molar-refractivity contribution in [2.45, 2.75) is 32.6 Å². The standard InChI is InChI=1S/C20H28N4O4Si/c1-6-28-19(25)16-12-14-11-15-17(26-2)7-8-21-18(15)24(14)20(23-16)22-13-27-9-10-29(3,4)5/h7-8,11-12H,6,9-10,13H2,1-5H3,(H,22,23). The average molecular weight is 417 g/mol. The fourth-order valence-corrected chi connectivity index (χ4v) is 3.69. The molecule has 9 heteroatoms. The normalized spacial score (nSPS) is 11.8. The molecule has 3 aromatic heterocycles. The van der Waals surface area contributed by atoms with Crippen molar-refractivity contribution in [3.05, 3.63) is 30.1 Å². The summed E-state index contributed by atoms with van der Waals surface area (Å²) in [6, 6.07) is 6.48. The van der Waals surface area contributed by atoms with Crippen LogP contribution in [0.15, 0.2) is 24.4 Å². The molecular formula is C20H28N4O4Si. The van der Waals surface area contributed by atoms with Gasteiger partial charge in [0.2, 0.25) is 5.95 Å². The summed E-state index contributed by atoms with van der Waals surface area (Å²) >= 11 is 0. The zero-order valence-electron chi connectivity index (χ0n) is 17.6. The third-order valence-electron chi connectivity index (χ3n) is 4.45. The first kappa shape index (κ1) is 21.1. The van der Waals surface area contributed by atoms with Crippen molar-refractivity contribution in [1.82, 2.24) is 14.4 Å². The van der Waals surface area contributed by atoms with Crippen molar-refractivity contribution in [3.63, 3.8) is 0 Å². The molecule has 156 valence electrons. The summed E-state index contributed by atoms with van der Waals surface area (Å²) in [5.74, 6) is 0.700. The Hall–Kier alpha value is -2.65. The van der Waals surface area contributed by atoms with Crippen molar-refractivity contribution < 1.29 is 19.0 Å². The molecule has 0 saturated carbocycles. The number of hydrogen-bond acceptors (Lipinski definition) is 7. The number of nitrogens with zero attached hydrogens (tertiary/aromatic N) is 3. The summed E-state index contributed by atoms with van der Waals surface area (Å²) in [5, 5.41) is 4.02. The van der Waals surface area contributed by atoms with Crippen LogP contribution in [0.25, 0.3) is 16.6 Å². The van der Waals surface area contributed by atoms with Crippen LogP contribution >= 0.6 is 0 Å². The fourth-order valence-electron chi connectivity index (χ4n) is 2.93. The minimum Gasteiger partial charge on any atom is -0.496 e. The van der Waals surface area contributed by atoms with Gasteiger partial charge in [0.05, 0.1) is 24.6 Å². The molecule has 0 aliphatic rings. The Bertz CT molecular complexity index is 1010. The Labute approximate surface area is 171 Å². The molecule has 1 N–H and O–H groups in total. The summed E-state index contributed by atoms with van der Waals surface area (Å²) in [4.78, 5) is 21.2. The van der Waals surface area contributed by atoms with Crippen LogP contribution in [0.2, 0.25) is 25.7 Å². The molecule has 0 spiro atoms. The molecule has 0 radical (unpaired) electrons. The van der Waals surface area contributed by atoms with Crippen LogP contribution in [0.5, 0.6) is 5.75 Å². The van der Waals surface area contributed by atoms with Gasteiger partial charge in [0.25, 0.3) is 0 Å². The number of methoxy groups -OCH3 is 1. The van der Waals surface area contributed by atoms with E-state index in [4.69, 9.17) is 14.2 Å². The van der Waals surface area contributed by atoms with E-state index >= 15 is 0 Å². The van der Waals surface area contributed by atoms with Gasteiger partial charge >= 0.3 is 5.97 Å². The zero-order chi connectivity index (χ0) is 21.0. The van der Waals surface area contributed by atoms with Crippen LogP contribution in [-0.4, -0.2) is 55.5 Å². The molecule has 3 heterocycles. The summed E-state index contributed by atoms with van der Waals surface area (Å²) < 4.78 is 18.2. The molecule has 29 heavy (non-hydrogen) atoms. The lowest BCUT2D eigenvalue weighted by atomic mass is 10.3. The van der Waals surface area contributed by atoms with Crippen LogP contribution in [-0.2, 0) is 9.47 Å². The zero-order valence-corrected chi connectivity index (χ0v) is 18.6. The third-order valence-corrected chi connectivity index (χ3v) is 6.15. The van der Waals surface area contributed by atoms with Crippen LogP contribution in [0.1, 0.15) is 17.4 Å². The van der Waals surface area contributed by atoms with E-state index in [1.165, 1.54) is 0 Å². The van der Waals surface area contributed by atoms with E-state index in [0.29, 0.717) is 24.0 Å².